The van der Waals surface area contributed by atoms with Crippen molar-refractivity contribution in [2.45, 2.75) is 57.9 Å². The van der Waals surface area contributed by atoms with Gasteiger partial charge < -0.3 is 20.7 Å². The number of aryl methyl sites for hydroxylation is 1. The molecule has 7 nitrogen and oxygen atoms in total. The van der Waals surface area contributed by atoms with Crippen LogP contribution in [0.15, 0.2) is 53.9 Å². The summed E-state index contributed by atoms with van der Waals surface area (Å²) in [5.41, 5.74) is 3.25. The highest BCUT2D eigenvalue weighted by Gasteiger charge is 2.24. The topological polar surface area (TPSA) is 92.4 Å². The largest absolute Gasteiger partial charge is 0.497 e. The van der Waals surface area contributed by atoms with Gasteiger partial charge in [0.05, 0.1) is 17.8 Å². The number of benzene rings is 2. The highest BCUT2D eigenvalue weighted by atomic mass is 32.1. The number of nitrogens with zero attached hydrogens (tertiary/aromatic N) is 1. The van der Waals surface area contributed by atoms with Crippen LogP contribution in [0.5, 0.6) is 5.75 Å². The van der Waals surface area contributed by atoms with Crippen LogP contribution in [0.3, 0.4) is 0 Å². The van der Waals surface area contributed by atoms with E-state index in [1.165, 1.54) is 32.1 Å². The maximum absolute atomic E-state index is 13.2. The van der Waals surface area contributed by atoms with Crippen molar-refractivity contribution in [1.82, 2.24) is 15.6 Å². The van der Waals surface area contributed by atoms with Crippen molar-refractivity contribution in [3.05, 3.63) is 64.5 Å². The standard InChI is InChI=1S/C30H38N4O3S/c1-21-33-28(20-38-21)23-9-6-10-24(19-23)29(35)34-27(16-11-22-7-4-3-5-8-22)30(36)32-18-17-31-25-12-14-26(37-2)15-13-25/h6,9-10,12-15,19-20,22,27,31H,3-5,7-8,11,16-18H2,1-2H3,(H,32,36)(H,34,35). The summed E-state index contributed by atoms with van der Waals surface area (Å²) in [5, 5.41) is 12.3. The number of methoxy groups -OCH3 is 1. The first-order valence-corrected chi connectivity index (χ1v) is 14.4. The Labute approximate surface area is 229 Å². The van der Waals surface area contributed by atoms with E-state index in [1.54, 1.807) is 24.5 Å². The lowest BCUT2D eigenvalue weighted by molar-refractivity contribution is -0.123. The maximum atomic E-state index is 13.2. The molecule has 0 saturated heterocycles. The van der Waals surface area contributed by atoms with Crippen molar-refractivity contribution in [3.8, 4) is 17.0 Å². The third-order valence-electron chi connectivity index (χ3n) is 7.09. The Balaban J connectivity index is 1.35. The number of rotatable bonds is 12. The Hall–Kier alpha value is -3.39. The molecule has 0 bridgehead atoms. The molecule has 38 heavy (non-hydrogen) atoms. The molecule has 1 atom stereocenters. The average molecular weight is 535 g/mol. The summed E-state index contributed by atoms with van der Waals surface area (Å²) in [6.07, 6.45) is 7.82. The quantitative estimate of drug-likeness (QED) is 0.255. The summed E-state index contributed by atoms with van der Waals surface area (Å²) in [6, 6.07) is 14.5. The lowest BCUT2D eigenvalue weighted by atomic mass is 9.85. The van der Waals surface area contributed by atoms with E-state index < -0.39 is 6.04 Å². The van der Waals surface area contributed by atoms with Crippen LogP contribution in [0.2, 0.25) is 0 Å². The minimum absolute atomic E-state index is 0.142. The molecule has 0 radical (unpaired) electrons. The summed E-state index contributed by atoms with van der Waals surface area (Å²) in [7, 11) is 1.64. The van der Waals surface area contributed by atoms with E-state index in [9.17, 15) is 9.59 Å². The Bertz CT molecular complexity index is 1190. The van der Waals surface area contributed by atoms with Crippen LogP contribution in [-0.2, 0) is 4.79 Å². The van der Waals surface area contributed by atoms with Crippen LogP contribution in [0.25, 0.3) is 11.3 Å². The van der Waals surface area contributed by atoms with Gasteiger partial charge in [-0.2, -0.15) is 0 Å². The summed E-state index contributed by atoms with van der Waals surface area (Å²) in [4.78, 5) is 31.0. The molecular formula is C30H38N4O3S. The van der Waals surface area contributed by atoms with Crippen LogP contribution in [0, 0.1) is 12.8 Å². The van der Waals surface area contributed by atoms with Crippen LogP contribution in [0.1, 0.15) is 60.3 Å². The lowest BCUT2D eigenvalue weighted by Crippen LogP contribution is -2.47. The fourth-order valence-corrected chi connectivity index (χ4v) is 5.55. The van der Waals surface area contributed by atoms with Gasteiger partial charge in [0.1, 0.15) is 11.8 Å². The van der Waals surface area contributed by atoms with Gasteiger partial charge in [0.15, 0.2) is 0 Å². The Morgan fingerprint density at radius 2 is 1.87 bits per heavy atom. The summed E-state index contributed by atoms with van der Waals surface area (Å²) in [5.74, 6) is 1.05. The molecule has 8 heteroatoms. The molecule has 1 unspecified atom stereocenters. The molecule has 3 aromatic rings. The van der Waals surface area contributed by atoms with E-state index in [4.69, 9.17) is 4.74 Å². The molecule has 2 amide bonds. The van der Waals surface area contributed by atoms with E-state index >= 15 is 0 Å². The van der Waals surface area contributed by atoms with Gasteiger partial charge in [-0.1, -0.05) is 44.2 Å². The minimum Gasteiger partial charge on any atom is -0.497 e. The minimum atomic E-state index is -0.574. The van der Waals surface area contributed by atoms with E-state index in [0.717, 1.165) is 34.1 Å². The molecule has 1 aromatic heterocycles. The number of hydrogen-bond donors (Lipinski definition) is 3. The summed E-state index contributed by atoms with van der Waals surface area (Å²) in [6.45, 7) is 3.00. The predicted molar refractivity (Wildman–Crippen MR) is 154 cm³/mol. The van der Waals surface area contributed by atoms with Gasteiger partial charge in [-0.05, 0) is 62.1 Å². The van der Waals surface area contributed by atoms with Crippen LogP contribution >= 0.6 is 11.3 Å². The molecule has 0 spiro atoms. The number of nitrogens with one attached hydrogen (secondary N) is 3. The second kappa shape index (κ2) is 14.0. The second-order valence-electron chi connectivity index (χ2n) is 9.89. The molecule has 1 fully saturated rings. The molecular weight excluding hydrogens is 496 g/mol. The SMILES string of the molecule is COc1ccc(NCCNC(=O)C(CCC2CCCCC2)NC(=O)c2cccc(-c3csc(C)n3)c2)cc1. The molecule has 202 valence electrons. The first-order valence-electron chi connectivity index (χ1n) is 13.5. The van der Waals surface area contributed by atoms with Gasteiger partial charge in [0, 0.05) is 35.3 Å². The fraction of sp³-hybridized carbons (Fsp3) is 0.433. The first-order chi connectivity index (χ1) is 18.5. The van der Waals surface area contributed by atoms with E-state index in [1.807, 2.05) is 54.8 Å². The van der Waals surface area contributed by atoms with Gasteiger partial charge in [-0.3, -0.25) is 9.59 Å². The van der Waals surface area contributed by atoms with E-state index in [-0.39, 0.29) is 11.8 Å². The highest BCUT2D eigenvalue weighted by molar-refractivity contribution is 7.09. The van der Waals surface area contributed by atoms with Gasteiger partial charge >= 0.3 is 0 Å². The van der Waals surface area contributed by atoms with E-state index in [0.29, 0.717) is 31.0 Å². The molecule has 1 saturated carbocycles. The van der Waals surface area contributed by atoms with Crippen molar-refractivity contribution in [1.29, 1.82) is 0 Å². The zero-order valence-corrected chi connectivity index (χ0v) is 23.1. The number of carbonyl (C=O) groups excluding carboxylic acids is 2. The van der Waals surface area contributed by atoms with Crippen molar-refractivity contribution < 1.29 is 14.3 Å². The van der Waals surface area contributed by atoms with Crippen molar-refractivity contribution in [2.24, 2.45) is 5.92 Å². The first kappa shape index (κ1) is 27.6. The number of carbonyl (C=O) groups is 2. The van der Waals surface area contributed by atoms with Crippen LogP contribution < -0.4 is 20.7 Å². The fourth-order valence-electron chi connectivity index (χ4n) is 4.93. The lowest BCUT2D eigenvalue weighted by Gasteiger charge is -2.24. The second-order valence-corrected chi connectivity index (χ2v) is 10.9. The van der Waals surface area contributed by atoms with Crippen molar-refractivity contribution >= 4 is 28.8 Å². The number of aromatic nitrogens is 1. The monoisotopic (exact) mass is 534 g/mol. The third-order valence-corrected chi connectivity index (χ3v) is 7.87. The molecule has 1 aliphatic rings. The van der Waals surface area contributed by atoms with Gasteiger partial charge in [-0.25, -0.2) is 4.98 Å². The summed E-state index contributed by atoms with van der Waals surface area (Å²) >= 11 is 1.58. The molecule has 0 aliphatic heterocycles. The Morgan fingerprint density at radius 1 is 1.08 bits per heavy atom. The van der Waals surface area contributed by atoms with Gasteiger partial charge in [0.2, 0.25) is 5.91 Å². The Morgan fingerprint density at radius 3 is 2.58 bits per heavy atom. The molecule has 1 heterocycles. The average Bonchev–Trinajstić information content (AvgIpc) is 3.40. The van der Waals surface area contributed by atoms with Crippen LogP contribution in [0.4, 0.5) is 5.69 Å². The van der Waals surface area contributed by atoms with Gasteiger partial charge in [0.25, 0.3) is 5.91 Å². The zero-order valence-electron chi connectivity index (χ0n) is 22.3. The Kier molecular flexibility index (Phi) is 10.1. The number of ether oxygens (including phenoxy) is 1. The van der Waals surface area contributed by atoms with Crippen molar-refractivity contribution in [3.63, 3.8) is 0 Å². The van der Waals surface area contributed by atoms with Crippen LogP contribution in [-0.4, -0.2) is 43.0 Å². The van der Waals surface area contributed by atoms with E-state index in [2.05, 4.69) is 20.9 Å². The number of amides is 2. The normalized spacial score (nSPS) is 14.5. The maximum Gasteiger partial charge on any atom is 0.251 e. The number of thiazole rings is 1. The molecule has 1 aliphatic carbocycles. The van der Waals surface area contributed by atoms with Crippen molar-refractivity contribution in [2.75, 3.05) is 25.5 Å². The zero-order chi connectivity index (χ0) is 26.7. The highest BCUT2D eigenvalue weighted by Crippen LogP contribution is 2.28. The molecule has 2 aromatic carbocycles. The van der Waals surface area contributed by atoms with Gasteiger partial charge in [-0.15, -0.1) is 11.3 Å². The smallest absolute Gasteiger partial charge is 0.251 e. The molecule has 4 rings (SSSR count). The molecule has 3 N–H and O–H groups in total. The summed E-state index contributed by atoms with van der Waals surface area (Å²) < 4.78 is 5.19. The third kappa shape index (κ3) is 8.05. The predicted octanol–water partition coefficient (Wildman–Crippen LogP) is 5.81. The number of anilines is 1. The number of hydrogen-bond acceptors (Lipinski definition) is 6.